The Kier molecular flexibility index (Phi) is 3.75. The summed E-state index contributed by atoms with van der Waals surface area (Å²) in [4.78, 5) is 18.2. The van der Waals surface area contributed by atoms with E-state index in [1.807, 2.05) is 6.07 Å². The fourth-order valence-corrected chi connectivity index (χ4v) is 2.20. The highest BCUT2D eigenvalue weighted by Gasteiger charge is 2.17. The van der Waals surface area contributed by atoms with Gasteiger partial charge in [-0.05, 0) is 40.2 Å². The fourth-order valence-electron chi connectivity index (χ4n) is 2.03. The molecule has 0 aliphatic heterocycles. The van der Waals surface area contributed by atoms with E-state index in [4.69, 9.17) is 16.3 Å². The van der Waals surface area contributed by atoms with Crippen LogP contribution in [0.3, 0.4) is 0 Å². The molecule has 0 atom stereocenters. The van der Waals surface area contributed by atoms with Crippen LogP contribution in [0.4, 0.5) is 5.82 Å². The van der Waals surface area contributed by atoms with Crippen LogP contribution in [0.1, 0.15) is 5.56 Å². The second-order valence-corrected chi connectivity index (χ2v) is 4.90. The molecule has 1 aromatic carbocycles. The topological polar surface area (TPSA) is 102 Å². The van der Waals surface area contributed by atoms with Gasteiger partial charge in [0.15, 0.2) is 0 Å². The van der Waals surface area contributed by atoms with Crippen LogP contribution in [0.15, 0.2) is 42.6 Å². The lowest BCUT2D eigenvalue weighted by atomic mass is 10.1. The molecule has 8 heteroatoms. The van der Waals surface area contributed by atoms with Crippen molar-refractivity contribution in [2.45, 2.75) is 0 Å². The van der Waals surface area contributed by atoms with Crippen molar-refractivity contribution in [3.63, 3.8) is 0 Å². The Bertz CT molecular complexity index is 969. The van der Waals surface area contributed by atoms with E-state index in [9.17, 15) is 15.4 Å². The highest BCUT2D eigenvalue weighted by Crippen LogP contribution is 2.31. The third-order valence-electron chi connectivity index (χ3n) is 3.01. The van der Waals surface area contributed by atoms with Crippen LogP contribution in [-0.4, -0.2) is 14.9 Å². The van der Waals surface area contributed by atoms with E-state index in [0.717, 1.165) is 0 Å². The van der Waals surface area contributed by atoms with Crippen molar-refractivity contribution < 1.29 is 9.66 Å². The number of halogens is 1. The standard InChI is InChI=1S/C15H7ClN4O3/c16-10-3-4-12-11(7-10)9(8-17)6-14(19-12)23-13-2-1-5-18-15(13)20(21)22/h1-7H. The van der Waals surface area contributed by atoms with Crippen molar-refractivity contribution in [2.75, 3.05) is 0 Å². The van der Waals surface area contributed by atoms with E-state index in [0.29, 0.717) is 21.5 Å². The van der Waals surface area contributed by atoms with Crippen LogP contribution < -0.4 is 4.74 Å². The smallest absolute Gasteiger partial charge is 0.406 e. The SMILES string of the molecule is N#Cc1cc(Oc2cccnc2[N+](=O)[O-])nc2ccc(Cl)cc12. The molecule has 7 nitrogen and oxygen atoms in total. The Morgan fingerprint density at radius 1 is 1.30 bits per heavy atom. The molecule has 0 saturated heterocycles. The maximum atomic E-state index is 11.0. The quantitative estimate of drug-likeness (QED) is 0.535. The van der Waals surface area contributed by atoms with E-state index in [1.54, 1.807) is 18.2 Å². The first-order chi connectivity index (χ1) is 11.1. The third-order valence-corrected chi connectivity index (χ3v) is 3.24. The molecule has 0 bridgehead atoms. The summed E-state index contributed by atoms with van der Waals surface area (Å²) in [5.74, 6) is -0.418. The maximum Gasteiger partial charge on any atom is 0.406 e. The van der Waals surface area contributed by atoms with Crippen LogP contribution >= 0.6 is 11.6 Å². The van der Waals surface area contributed by atoms with Gasteiger partial charge in [0, 0.05) is 16.5 Å². The number of nitriles is 1. The normalized spacial score (nSPS) is 10.3. The maximum absolute atomic E-state index is 11.0. The van der Waals surface area contributed by atoms with E-state index in [-0.39, 0.29) is 11.6 Å². The molecule has 0 unspecified atom stereocenters. The Labute approximate surface area is 134 Å². The Balaban J connectivity index is 2.10. The first kappa shape index (κ1) is 14.7. The van der Waals surface area contributed by atoms with E-state index in [1.165, 1.54) is 24.4 Å². The second-order valence-electron chi connectivity index (χ2n) is 4.47. The molecule has 0 radical (unpaired) electrons. The highest BCUT2D eigenvalue weighted by molar-refractivity contribution is 6.31. The summed E-state index contributed by atoms with van der Waals surface area (Å²) in [6.45, 7) is 0. The number of benzene rings is 1. The van der Waals surface area contributed by atoms with E-state index >= 15 is 0 Å². The minimum atomic E-state index is -0.651. The molecule has 2 heterocycles. The molecule has 0 aliphatic carbocycles. The van der Waals surface area contributed by atoms with Gasteiger partial charge in [-0.15, -0.1) is 0 Å². The molecule has 0 fully saturated rings. The number of hydrogen-bond acceptors (Lipinski definition) is 6. The van der Waals surface area contributed by atoms with Crippen LogP contribution in [0.5, 0.6) is 11.6 Å². The molecular weight excluding hydrogens is 320 g/mol. The molecule has 3 aromatic rings. The minimum absolute atomic E-state index is 0.0535. The fraction of sp³-hybridized carbons (Fsp3) is 0. The van der Waals surface area contributed by atoms with Gasteiger partial charge in [0.2, 0.25) is 11.6 Å². The summed E-state index contributed by atoms with van der Waals surface area (Å²) in [6, 6.07) is 11.2. The van der Waals surface area contributed by atoms with Crippen molar-refractivity contribution in [1.29, 1.82) is 5.26 Å². The lowest BCUT2D eigenvalue weighted by Gasteiger charge is -2.07. The molecular formula is C15H7ClN4O3. The van der Waals surface area contributed by atoms with Gasteiger partial charge in [-0.3, -0.25) is 0 Å². The van der Waals surface area contributed by atoms with Crippen molar-refractivity contribution in [1.82, 2.24) is 9.97 Å². The number of nitro groups is 1. The zero-order valence-corrected chi connectivity index (χ0v) is 12.2. The van der Waals surface area contributed by atoms with Crippen molar-refractivity contribution in [2.24, 2.45) is 0 Å². The highest BCUT2D eigenvalue weighted by atomic mass is 35.5. The summed E-state index contributed by atoms with van der Waals surface area (Å²) in [5.41, 5.74) is 0.800. The zero-order chi connectivity index (χ0) is 16.4. The number of pyridine rings is 2. The number of ether oxygens (including phenoxy) is 1. The van der Waals surface area contributed by atoms with Gasteiger partial charge in [0.25, 0.3) is 0 Å². The molecule has 23 heavy (non-hydrogen) atoms. The summed E-state index contributed by atoms with van der Waals surface area (Å²) >= 11 is 5.92. The molecule has 0 saturated carbocycles. The number of nitrogens with zero attached hydrogens (tertiary/aromatic N) is 4. The van der Waals surface area contributed by atoms with Gasteiger partial charge in [0.05, 0.1) is 11.1 Å². The summed E-state index contributed by atoms with van der Waals surface area (Å²) < 4.78 is 5.45. The number of rotatable bonds is 3. The molecule has 112 valence electrons. The van der Waals surface area contributed by atoms with Crippen LogP contribution in [0, 0.1) is 21.4 Å². The lowest BCUT2D eigenvalue weighted by molar-refractivity contribution is -0.390. The predicted octanol–water partition coefficient (Wildman–Crippen LogP) is 3.86. The van der Waals surface area contributed by atoms with Gasteiger partial charge in [-0.1, -0.05) is 11.6 Å². The Morgan fingerprint density at radius 2 is 2.13 bits per heavy atom. The minimum Gasteiger partial charge on any atom is -0.430 e. The van der Waals surface area contributed by atoms with Crippen LogP contribution in [-0.2, 0) is 0 Å². The van der Waals surface area contributed by atoms with Crippen molar-refractivity contribution >= 4 is 28.3 Å². The molecule has 2 aromatic heterocycles. The van der Waals surface area contributed by atoms with Crippen LogP contribution in [0.2, 0.25) is 5.02 Å². The molecule has 0 aliphatic rings. The lowest BCUT2D eigenvalue weighted by Crippen LogP contribution is -1.97. The molecule has 0 spiro atoms. The summed E-state index contributed by atoms with van der Waals surface area (Å²) in [6.07, 6.45) is 1.29. The Hall–Kier alpha value is -3.24. The van der Waals surface area contributed by atoms with Crippen molar-refractivity contribution in [3.8, 4) is 17.7 Å². The van der Waals surface area contributed by atoms with E-state index in [2.05, 4.69) is 9.97 Å². The van der Waals surface area contributed by atoms with Crippen molar-refractivity contribution in [3.05, 3.63) is 63.3 Å². The monoisotopic (exact) mass is 326 g/mol. The first-order valence-electron chi connectivity index (χ1n) is 6.36. The van der Waals surface area contributed by atoms with Gasteiger partial charge in [0.1, 0.15) is 12.3 Å². The Morgan fingerprint density at radius 3 is 2.87 bits per heavy atom. The second kappa shape index (κ2) is 5.87. The van der Waals surface area contributed by atoms with Gasteiger partial charge >= 0.3 is 5.82 Å². The molecule has 0 amide bonds. The number of hydrogen-bond donors (Lipinski definition) is 0. The third kappa shape index (κ3) is 2.88. The average molecular weight is 327 g/mol. The number of fused-ring (bicyclic) bond motifs is 1. The van der Waals surface area contributed by atoms with Gasteiger partial charge < -0.3 is 14.9 Å². The van der Waals surface area contributed by atoms with Gasteiger partial charge in [-0.2, -0.15) is 5.26 Å². The van der Waals surface area contributed by atoms with Gasteiger partial charge in [-0.25, -0.2) is 4.98 Å². The predicted molar refractivity (Wildman–Crippen MR) is 82.4 cm³/mol. The molecule has 0 N–H and O–H groups in total. The molecule has 3 rings (SSSR count). The largest absolute Gasteiger partial charge is 0.430 e. The summed E-state index contributed by atoms with van der Waals surface area (Å²) in [5, 5.41) is 21.3. The average Bonchev–Trinajstić information content (AvgIpc) is 2.54. The zero-order valence-electron chi connectivity index (χ0n) is 11.4. The number of aromatic nitrogens is 2. The van der Waals surface area contributed by atoms with E-state index < -0.39 is 10.7 Å². The summed E-state index contributed by atoms with van der Waals surface area (Å²) in [7, 11) is 0. The first-order valence-corrected chi connectivity index (χ1v) is 6.74. The van der Waals surface area contributed by atoms with Crippen LogP contribution in [0.25, 0.3) is 10.9 Å².